The standard InChI is InChI=1S/C10H6N2S/c11-5-7-1-2-10-8(3-7)4-9(6-12)13-10/h1-4,6,12H. The van der Waals surface area contributed by atoms with Crippen LogP contribution in [0.1, 0.15) is 10.4 Å². The Morgan fingerprint density at radius 3 is 2.92 bits per heavy atom. The molecule has 2 aromatic rings. The third-order valence-corrected chi connectivity index (χ3v) is 2.87. The van der Waals surface area contributed by atoms with Gasteiger partial charge in [-0.15, -0.1) is 11.3 Å². The van der Waals surface area contributed by atoms with Crippen LogP contribution in [0.15, 0.2) is 24.3 Å². The van der Waals surface area contributed by atoms with Gasteiger partial charge in [0.15, 0.2) is 0 Å². The van der Waals surface area contributed by atoms with E-state index in [1.165, 1.54) is 6.21 Å². The first-order valence-electron chi connectivity index (χ1n) is 3.77. The highest BCUT2D eigenvalue weighted by molar-refractivity contribution is 7.20. The van der Waals surface area contributed by atoms with Crippen LogP contribution in [0.4, 0.5) is 0 Å². The van der Waals surface area contributed by atoms with Crippen LogP contribution in [0.25, 0.3) is 10.1 Å². The summed E-state index contributed by atoms with van der Waals surface area (Å²) < 4.78 is 1.12. The van der Waals surface area contributed by atoms with Gasteiger partial charge in [0.05, 0.1) is 11.6 Å². The highest BCUT2D eigenvalue weighted by Crippen LogP contribution is 2.25. The van der Waals surface area contributed by atoms with Gasteiger partial charge >= 0.3 is 0 Å². The lowest BCUT2D eigenvalue weighted by Gasteiger charge is -1.87. The van der Waals surface area contributed by atoms with Gasteiger partial charge in [-0.2, -0.15) is 5.26 Å². The van der Waals surface area contributed by atoms with E-state index in [0.29, 0.717) is 5.56 Å². The normalized spacial score (nSPS) is 9.77. The van der Waals surface area contributed by atoms with E-state index in [1.54, 1.807) is 17.4 Å². The molecule has 1 heterocycles. The second kappa shape index (κ2) is 3.00. The predicted octanol–water partition coefficient (Wildman–Crippen LogP) is 2.77. The number of benzene rings is 1. The summed E-state index contributed by atoms with van der Waals surface area (Å²) in [5.41, 5.74) is 0.668. The fraction of sp³-hybridized carbons (Fsp3) is 0. The molecular formula is C10H6N2S. The van der Waals surface area contributed by atoms with Crippen LogP contribution >= 0.6 is 11.3 Å². The molecule has 0 amide bonds. The van der Waals surface area contributed by atoms with Crippen LogP contribution in [-0.2, 0) is 0 Å². The molecule has 0 spiro atoms. The Morgan fingerprint density at radius 1 is 1.38 bits per heavy atom. The van der Waals surface area contributed by atoms with Crippen LogP contribution in [0.3, 0.4) is 0 Å². The van der Waals surface area contributed by atoms with Crippen LogP contribution in [0.5, 0.6) is 0 Å². The first-order chi connectivity index (χ1) is 6.33. The number of nitrogens with one attached hydrogen (secondary N) is 1. The molecule has 2 nitrogen and oxygen atoms in total. The van der Waals surface area contributed by atoms with Gasteiger partial charge in [-0.25, -0.2) is 0 Å². The largest absolute Gasteiger partial charge is 0.307 e. The molecule has 0 atom stereocenters. The Bertz CT molecular complexity index is 505. The van der Waals surface area contributed by atoms with Gasteiger partial charge in [0.25, 0.3) is 0 Å². The van der Waals surface area contributed by atoms with Crippen molar-refractivity contribution in [2.45, 2.75) is 0 Å². The first kappa shape index (κ1) is 7.96. The van der Waals surface area contributed by atoms with E-state index in [2.05, 4.69) is 6.07 Å². The Morgan fingerprint density at radius 2 is 2.23 bits per heavy atom. The maximum Gasteiger partial charge on any atom is 0.0991 e. The van der Waals surface area contributed by atoms with E-state index >= 15 is 0 Å². The molecule has 0 unspecified atom stereocenters. The molecule has 0 aliphatic heterocycles. The second-order valence-electron chi connectivity index (χ2n) is 2.66. The van der Waals surface area contributed by atoms with Crippen LogP contribution in [0, 0.1) is 16.7 Å². The summed E-state index contributed by atoms with van der Waals surface area (Å²) in [4.78, 5) is 0.921. The van der Waals surface area contributed by atoms with Crippen molar-refractivity contribution in [2.75, 3.05) is 0 Å². The number of thiophene rings is 1. The van der Waals surface area contributed by atoms with Crippen molar-refractivity contribution in [3.63, 3.8) is 0 Å². The smallest absolute Gasteiger partial charge is 0.0991 e. The Labute approximate surface area is 79.6 Å². The zero-order valence-corrected chi connectivity index (χ0v) is 7.56. The minimum Gasteiger partial charge on any atom is -0.307 e. The molecule has 1 aromatic carbocycles. The molecule has 2 rings (SSSR count). The van der Waals surface area contributed by atoms with Crippen molar-refractivity contribution in [1.82, 2.24) is 0 Å². The second-order valence-corrected chi connectivity index (χ2v) is 3.77. The molecule has 1 aromatic heterocycles. The molecule has 62 valence electrons. The zero-order chi connectivity index (χ0) is 9.26. The van der Waals surface area contributed by atoms with E-state index in [4.69, 9.17) is 10.7 Å². The van der Waals surface area contributed by atoms with Crippen LogP contribution in [-0.4, -0.2) is 6.21 Å². The molecule has 0 saturated carbocycles. The van der Waals surface area contributed by atoms with Gasteiger partial charge in [-0.3, -0.25) is 0 Å². The average Bonchev–Trinajstić information content (AvgIpc) is 2.58. The number of fused-ring (bicyclic) bond motifs is 1. The maximum atomic E-state index is 8.67. The molecule has 13 heavy (non-hydrogen) atoms. The molecule has 0 bridgehead atoms. The maximum absolute atomic E-state index is 8.67. The van der Waals surface area contributed by atoms with E-state index in [9.17, 15) is 0 Å². The minimum atomic E-state index is 0.668. The average molecular weight is 186 g/mol. The first-order valence-corrected chi connectivity index (χ1v) is 4.59. The van der Waals surface area contributed by atoms with E-state index in [1.807, 2.05) is 18.2 Å². The number of hydrogen-bond donors (Lipinski definition) is 1. The molecular weight excluding hydrogens is 180 g/mol. The highest BCUT2D eigenvalue weighted by atomic mass is 32.1. The van der Waals surface area contributed by atoms with Gasteiger partial charge in [0, 0.05) is 15.8 Å². The molecule has 0 radical (unpaired) electrons. The lowest BCUT2D eigenvalue weighted by molar-refractivity contribution is 1.50. The monoisotopic (exact) mass is 186 g/mol. The van der Waals surface area contributed by atoms with Gasteiger partial charge in [-0.05, 0) is 29.7 Å². The van der Waals surface area contributed by atoms with Crippen molar-refractivity contribution in [3.05, 3.63) is 34.7 Å². The SMILES string of the molecule is N#Cc1ccc2sc(C=N)cc2c1. The fourth-order valence-corrected chi connectivity index (χ4v) is 2.08. The predicted molar refractivity (Wildman–Crippen MR) is 54.4 cm³/mol. The van der Waals surface area contributed by atoms with Gasteiger partial charge in [-0.1, -0.05) is 0 Å². The summed E-state index contributed by atoms with van der Waals surface area (Å²) in [5, 5.41) is 16.8. The van der Waals surface area contributed by atoms with E-state index in [0.717, 1.165) is 15.0 Å². The third-order valence-electron chi connectivity index (χ3n) is 1.81. The number of nitriles is 1. The van der Waals surface area contributed by atoms with Crippen LogP contribution < -0.4 is 0 Å². The van der Waals surface area contributed by atoms with Gasteiger partial charge < -0.3 is 5.41 Å². The van der Waals surface area contributed by atoms with Gasteiger partial charge in [0.1, 0.15) is 0 Å². The lowest BCUT2D eigenvalue weighted by Crippen LogP contribution is -1.70. The summed E-state index contributed by atoms with van der Waals surface area (Å²) >= 11 is 1.56. The van der Waals surface area contributed by atoms with Crippen LogP contribution in [0.2, 0.25) is 0 Å². The molecule has 3 heteroatoms. The minimum absolute atomic E-state index is 0.668. The van der Waals surface area contributed by atoms with E-state index in [-0.39, 0.29) is 0 Å². The zero-order valence-electron chi connectivity index (χ0n) is 6.74. The van der Waals surface area contributed by atoms with Crippen molar-refractivity contribution >= 4 is 27.6 Å². The third kappa shape index (κ3) is 1.32. The number of nitrogens with zero attached hydrogens (tertiary/aromatic N) is 1. The molecule has 0 fully saturated rings. The fourth-order valence-electron chi connectivity index (χ4n) is 1.20. The number of rotatable bonds is 1. The molecule has 0 saturated heterocycles. The topological polar surface area (TPSA) is 47.6 Å². The Balaban J connectivity index is 2.72. The summed E-state index contributed by atoms with van der Waals surface area (Å²) in [6, 6.07) is 9.58. The quantitative estimate of drug-likeness (QED) is 0.684. The number of hydrogen-bond acceptors (Lipinski definition) is 3. The summed E-state index contributed by atoms with van der Waals surface area (Å²) in [6.07, 6.45) is 1.33. The lowest BCUT2D eigenvalue weighted by atomic mass is 10.2. The van der Waals surface area contributed by atoms with Gasteiger partial charge in [0.2, 0.25) is 0 Å². The van der Waals surface area contributed by atoms with E-state index < -0.39 is 0 Å². The molecule has 0 aliphatic carbocycles. The molecule has 1 N–H and O–H groups in total. The van der Waals surface area contributed by atoms with Crippen molar-refractivity contribution in [1.29, 1.82) is 10.7 Å². The highest BCUT2D eigenvalue weighted by Gasteiger charge is 2.00. The summed E-state index contributed by atoms with van der Waals surface area (Å²) in [6.45, 7) is 0. The Kier molecular flexibility index (Phi) is 1.84. The summed E-state index contributed by atoms with van der Waals surface area (Å²) in [7, 11) is 0. The van der Waals surface area contributed by atoms with Crippen molar-refractivity contribution in [3.8, 4) is 6.07 Å². The van der Waals surface area contributed by atoms with Crippen molar-refractivity contribution in [2.24, 2.45) is 0 Å². The summed E-state index contributed by atoms with van der Waals surface area (Å²) in [5.74, 6) is 0. The van der Waals surface area contributed by atoms with Crippen molar-refractivity contribution < 1.29 is 0 Å². The molecule has 0 aliphatic rings. The Hall–Kier alpha value is -1.66.